The van der Waals surface area contributed by atoms with Crippen LogP contribution in [0.15, 0.2) is 84.5 Å². The summed E-state index contributed by atoms with van der Waals surface area (Å²) in [6.07, 6.45) is 5.56. The van der Waals surface area contributed by atoms with Gasteiger partial charge in [0.1, 0.15) is 25.0 Å². The molecule has 1 atom stereocenters. The molecular formula is C22H21N7O4S. The number of anilines is 1. The van der Waals surface area contributed by atoms with E-state index in [0.29, 0.717) is 5.56 Å². The zero-order valence-corrected chi connectivity index (χ0v) is 18.6. The maximum absolute atomic E-state index is 13.7. The van der Waals surface area contributed by atoms with E-state index in [2.05, 4.69) is 25.4 Å². The molecule has 1 unspecified atom stereocenters. The Balaban J connectivity index is 1.76. The number of nitrogens with zero attached hydrogens (tertiary/aromatic N) is 5. The Morgan fingerprint density at radius 3 is 2.53 bits per heavy atom. The number of benzene rings is 1. The molecule has 4 aromatic rings. The molecule has 34 heavy (non-hydrogen) atoms. The van der Waals surface area contributed by atoms with Crippen LogP contribution in [0.4, 0.5) is 5.82 Å². The van der Waals surface area contributed by atoms with Gasteiger partial charge in [-0.25, -0.2) is 23.1 Å². The lowest BCUT2D eigenvalue weighted by atomic mass is 10.0. The first-order valence-corrected chi connectivity index (χ1v) is 11.6. The van der Waals surface area contributed by atoms with Crippen LogP contribution in [0.5, 0.6) is 0 Å². The van der Waals surface area contributed by atoms with E-state index in [-0.39, 0.29) is 29.4 Å². The molecule has 1 aromatic carbocycles. The number of pyridine rings is 2. The summed E-state index contributed by atoms with van der Waals surface area (Å²) in [5, 5.41) is 15.7. The van der Waals surface area contributed by atoms with Crippen molar-refractivity contribution < 1.29 is 18.3 Å². The average molecular weight is 480 g/mol. The summed E-state index contributed by atoms with van der Waals surface area (Å²) in [6, 6.07) is 14.6. The van der Waals surface area contributed by atoms with Crippen molar-refractivity contribution in [2.45, 2.75) is 16.2 Å². The van der Waals surface area contributed by atoms with Crippen LogP contribution in [-0.2, 0) is 25.9 Å². The number of carboxylic acids is 1. The first-order chi connectivity index (χ1) is 16.3. The van der Waals surface area contributed by atoms with Gasteiger partial charge in [0.15, 0.2) is 4.87 Å². The van der Waals surface area contributed by atoms with E-state index in [1.165, 1.54) is 43.0 Å². The van der Waals surface area contributed by atoms with Gasteiger partial charge >= 0.3 is 5.97 Å². The number of aromatic nitrogens is 5. The minimum absolute atomic E-state index is 0.0533. The van der Waals surface area contributed by atoms with Gasteiger partial charge in [0.05, 0.1) is 16.3 Å². The summed E-state index contributed by atoms with van der Waals surface area (Å²) in [6.45, 7) is -0.382. The molecule has 0 aliphatic heterocycles. The van der Waals surface area contributed by atoms with Crippen molar-refractivity contribution in [2.75, 3.05) is 11.9 Å². The number of rotatable bonds is 9. The van der Waals surface area contributed by atoms with E-state index < -0.39 is 20.7 Å². The van der Waals surface area contributed by atoms with Gasteiger partial charge in [-0.15, -0.1) is 0 Å². The molecule has 0 spiro atoms. The maximum Gasteiger partial charge on any atom is 0.322 e. The number of nitrogens with one attached hydrogen (secondary N) is 1. The fourth-order valence-corrected chi connectivity index (χ4v) is 5.01. The molecule has 11 nitrogen and oxygen atoms in total. The first kappa shape index (κ1) is 23.0. The Kier molecular flexibility index (Phi) is 6.34. The molecule has 0 amide bonds. The molecular weight excluding hydrogens is 458 g/mol. The van der Waals surface area contributed by atoms with E-state index in [0.717, 1.165) is 5.69 Å². The minimum Gasteiger partial charge on any atom is -0.480 e. The number of carbonyl (C=O) groups is 1. The third-order valence-corrected chi connectivity index (χ3v) is 7.29. The lowest BCUT2D eigenvalue weighted by Crippen LogP contribution is -2.47. The van der Waals surface area contributed by atoms with Crippen molar-refractivity contribution in [3.05, 3.63) is 90.9 Å². The molecule has 0 bridgehead atoms. The van der Waals surface area contributed by atoms with E-state index in [4.69, 9.17) is 10.8 Å². The third kappa shape index (κ3) is 4.63. The molecule has 174 valence electrons. The molecule has 0 saturated heterocycles. The summed E-state index contributed by atoms with van der Waals surface area (Å²) in [4.78, 5) is 21.1. The van der Waals surface area contributed by atoms with Crippen LogP contribution in [0.25, 0.3) is 5.69 Å². The molecule has 0 radical (unpaired) electrons. The maximum atomic E-state index is 13.7. The Labute approximate surface area is 195 Å². The molecule has 0 fully saturated rings. The predicted molar refractivity (Wildman–Crippen MR) is 123 cm³/mol. The summed E-state index contributed by atoms with van der Waals surface area (Å²) >= 11 is 0. The monoisotopic (exact) mass is 479 g/mol. The fraction of sp³-hybridized carbons (Fsp3) is 0.136. The van der Waals surface area contributed by atoms with E-state index in [9.17, 15) is 13.2 Å². The highest BCUT2D eigenvalue weighted by atomic mass is 32.2. The van der Waals surface area contributed by atoms with E-state index in [1.807, 2.05) is 0 Å². The van der Waals surface area contributed by atoms with Crippen molar-refractivity contribution in [1.29, 1.82) is 0 Å². The van der Waals surface area contributed by atoms with Crippen LogP contribution in [0.2, 0.25) is 0 Å². The molecule has 0 aliphatic rings. The zero-order chi connectivity index (χ0) is 24.2. The summed E-state index contributed by atoms with van der Waals surface area (Å²) < 4.78 is 29.1. The second-order valence-corrected chi connectivity index (χ2v) is 9.63. The number of hydrogen-bond acceptors (Lipinski definition) is 9. The molecule has 12 heteroatoms. The smallest absolute Gasteiger partial charge is 0.322 e. The molecule has 3 heterocycles. The van der Waals surface area contributed by atoms with Crippen LogP contribution < -0.4 is 11.1 Å². The van der Waals surface area contributed by atoms with Crippen molar-refractivity contribution in [2.24, 2.45) is 5.73 Å². The van der Waals surface area contributed by atoms with Crippen LogP contribution in [0.3, 0.4) is 0 Å². The average Bonchev–Trinajstić information content (AvgIpc) is 3.39. The normalized spacial score (nSPS) is 13.2. The van der Waals surface area contributed by atoms with Gasteiger partial charge in [-0.2, -0.15) is 5.10 Å². The topological polar surface area (TPSA) is 166 Å². The second-order valence-electron chi connectivity index (χ2n) is 7.42. The Morgan fingerprint density at radius 2 is 1.88 bits per heavy atom. The lowest BCUT2D eigenvalue weighted by Gasteiger charge is -2.29. The molecule has 3 aromatic heterocycles. The largest absolute Gasteiger partial charge is 0.480 e. The van der Waals surface area contributed by atoms with Gasteiger partial charge < -0.3 is 16.2 Å². The van der Waals surface area contributed by atoms with Gasteiger partial charge in [-0.1, -0.05) is 18.2 Å². The van der Waals surface area contributed by atoms with Crippen molar-refractivity contribution in [3.8, 4) is 5.69 Å². The predicted octanol–water partition coefficient (Wildman–Crippen LogP) is 1.38. The molecule has 4 rings (SSSR count). The van der Waals surface area contributed by atoms with Gasteiger partial charge in [-0.05, 0) is 42.0 Å². The summed E-state index contributed by atoms with van der Waals surface area (Å²) in [5.41, 5.74) is 8.12. The molecule has 4 N–H and O–H groups in total. The van der Waals surface area contributed by atoms with Gasteiger partial charge in [0.25, 0.3) is 0 Å². The highest BCUT2D eigenvalue weighted by molar-refractivity contribution is 7.92. The fourth-order valence-electron chi connectivity index (χ4n) is 3.39. The van der Waals surface area contributed by atoms with Crippen LogP contribution >= 0.6 is 0 Å². The first-order valence-electron chi connectivity index (χ1n) is 10.1. The zero-order valence-electron chi connectivity index (χ0n) is 17.8. The quantitative estimate of drug-likeness (QED) is 0.319. The highest BCUT2D eigenvalue weighted by Crippen LogP contribution is 2.34. The Morgan fingerprint density at radius 1 is 1.09 bits per heavy atom. The van der Waals surface area contributed by atoms with Crippen LogP contribution in [0.1, 0.15) is 11.3 Å². The Bertz CT molecular complexity index is 1380. The number of nitrogens with two attached hydrogens (primary N) is 1. The molecule has 0 saturated carbocycles. The Hall–Kier alpha value is -4.16. The van der Waals surface area contributed by atoms with Crippen molar-refractivity contribution in [3.63, 3.8) is 0 Å². The number of hydrogen-bond donors (Lipinski definition) is 3. The van der Waals surface area contributed by atoms with E-state index in [1.54, 1.807) is 41.3 Å². The van der Waals surface area contributed by atoms with Gasteiger partial charge in [0, 0.05) is 18.8 Å². The van der Waals surface area contributed by atoms with E-state index >= 15 is 0 Å². The summed E-state index contributed by atoms with van der Waals surface area (Å²) in [5.74, 6) is -0.890. The minimum atomic E-state index is -4.17. The number of carboxylic acid groups (broad SMARTS) is 1. The van der Waals surface area contributed by atoms with Gasteiger partial charge in [-0.3, -0.25) is 9.78 Å². The van der Waals surface area contributed by atoms with Crippen molar-refractivity contribution in [1.82, 2.24) is 24.7 Å². The number of aliphatic carboxylic acids is 1. The molecule has 0 aliphatic carbocycles. The van der Waals surface area contributed by atoms with Crippen LogP contribution in [-0.4, -0.2) is 50.8 Å². The highest BCUT2D eigenvalue weighted by Gasteiger charge is 2.44. The van der Waals surface area contributed by atoms with Crippen LogP contribution in [0, 0.1) is 0 Å². The standard InChI is InChI=1S/C22H21N7O4S/c23-22(34(32,33)18-3-2-10-24-12-18,19-4-1-5-20(28-19)26-13-21(30)31)11-16-6-8-17(9-7-16)29-15-25-14-27-29/h1-10,12,14-15H,11,13,23H2,(H,26,28)(H,30,31). The third-order valence-electron chi connectivity index (χ3n) is 5.11. The van der Waals surface area contributed by atoms with Gasteiger partial charge in [0.2, 0.25) is 9.84 Å². The van der Waals surface area contributed by atoms with Crippen molar-refractivity contribution >= 4 is 21.6 Å². The SMILES string of the molecule is NC(Cc1ccc(-n2cncn2)cc1)(c1cccc(NCC(=O)O)n1)S(=O)(=O)c1cccnc1. The summed E-state index contributed by atoms with van der Waals surface area (Å²) in [7, 11) is -4.17. The lowest BCUT2D eigenvalue weighted by molar-refractivity contribution is -0.134. The number of sulfone groups is 1. The second kappa shape index (κ2) is 9.37.